The van der Waals surface area contributed by atoms with E-state index >= 15 is 0 Å². The van der Waals surface area contributed by atoms with Crippen LogP contribution in [-0.4, -0.2) is 55.2 Å². The molecule has 2 fully saturated rings. The molecule has 0 unspecified atom stereocenters. The summed E-state index contributed by atoms with van der Waals surface area (Å²) in [7, 11) is 0. The number of hydrogen-bond acceptors (Lipinski definition) is 3. The third-order valence-electron chi connectivity index (χ3n) is 5.43. The van der Waals surface area contributed by atoms with Gasteiger partial charge >= 0.3 is 6.03 Å². The van der Waals surface area contributed by atoms with Crippen molar-refractivity contribution >= 4 is 11.9 Å². The standard InChI is InChI=1S/C20H29N3O3/c1-19(2)15-20(9-13-26-19,16-6-4-3-5-7-16)8-10-22-18(25)23-12-11-21-17(24)14-23/h3-7H,8-15H2,1-2H3,(H,21,24)(H,22,25)/t20-/m1/s1. The van der Waals surface area contributed by atoms with Gasteiger partial charge in [-0.1, -0.05) is 30.3 Å². The van der Waals surface area contributed by atoms with Gasteiger partial charge in [-0.05, 0) is 38.7 Å². The highest BCUT2D eigenvalue weighted by atomic mass is 16.5. The van der Waals surface area contributed by atoms with Gasteiger partial charge in [0.05, 0.1) is 5.60 Å². The summed E-state index contributed by atoms with van der Waals surface area (Å²) in [6.07, 6.45) is 2.73. The van der Waals surface area contributed by atoms with E-state index in [1.165, 1.54) is 5.56 Å². The number of urea groups is 1. The monoisotopic (exact) mass is 359 g/mol. The molecule has 2 saturated heterocycles. The number of amides is 3. The molecule has 2 aliphatic rings. The van der Waals surface area contributed by atoms with Crippen LogP contribution in [0.15, 0.2) is 30.3 Å². The highest BCUT2D eigenvalue weighted by Gasteiger charge is 2.41. The lowest BCUT2D eigenvalue weighted by Crippen LogP contribution is -2.53. The maximum atomic E-state index is 12.4. The first-order valence-electron chi connectivity index (χ1n) is 9.39. The zero-order valence-electron chi connectivity index (χ0n) is 15.7. The minimum Gasteiger partial charge on any atom is -0.376 e. The van der Waals surface area contributed by atoms with Gasteiger partial charge < -0.3 is 20.3 Å². The molecular formula is C20H29N3O3. The van der Waals surface area contributed by atoms with Crippen molar-refractivity contribution in [2.24, 2.45) is 0 Å². The van der Waals surface area contributed by atoms with Crippen LogP contribution in [0, 0.1) is 0 Å². The lowest BCUT2D eigenvalue weighted by Gasteiger charge is -2.45. The predicted octanol–water partition coefficient (Wildman–Crippen LogP) is 2.04. The molecule has 2 heterocycles. The first-order chi connectivity index (χ1) is 12.4. The van der Waals surface area contributed by atoms with Crippen molar-refractivity contribution in [2.45, 2.75) is 44.1 Å². The molecule has 6 nitrogen and oxygen atoms in total. The van der Waals surface area contributed by atoms with Crippen LogP contribution in [0.25, 0.3) is 0 Å². The number of rotatable bonds is 4. The van der Waals surface area contributed by atoms with E-state index in [-0.39, 0.29) is 29.5 Å². The number of carbonyl (C=O) groups excluding carboxylic acids is 2. The van der Waals surface area contributed by atoms with E-state index in [0.29, 0.717) is 19.6 Å². The molecule has 1 aromatic carbocycles. The van der Waals surface area contributed by atoms with Crippen molar-refractivity contribution in [1.29, 1.82) is 0 Å². The number of ether oxygens (including phenoxy) is 1. The maximum Gasteiger partial charge on any atom is 0.317 e. The normalized spacial score (nSPS) is 25.5. The van der Waals surface area contributed by atoms with Crippen LogP contribution < -0.4 is 10.6 Å². The number of carbonyl (C=O) groups is 2. The smallest absolute Gasteiger partial charge is 0.317 e. The summed E-state index contributed by atoms with van der Waals surface area (Å²) in [6.45, 7) is 6.79. The van der Waals surface area contributed by atoms with E-state index in [2.05, 4.69) is 48.7 Å². The van der Waals surface area contributed by atoms with Crippen molar-refractivity contribution in [3.8, 4) is 0 Å². The molecule has 2 N–H and O–H groups in total. The van der Waals surface area contributed by atoms with Gasteiger partial charge in [-0.25, -0.2) is 4.79 Å². The molecule has 142 valence electrons. The number of hydrogen-bond donors (Lipinski definition) is 2. The Morgan fingerprint density at radius 1 is 1.31 bits per heavy atom. The maximum absolute atomic E-state index is 12.4. The van der Waals surface area contributed by atoms with Gasteiger partial charge in [0.2, 0.25) is 5.91 Å². The summed E-state index contributed by atoms with van der Waals surface area (Å²) < 4.78 is 5.94. The zero-order valence-corrected chi connectivity index (χ0v) is 15.7. The van der Waals surface area contributed by atoms with E-state index in [4.69, 9.17) is 4.74 Å². The Labute approximate surface area is 155 Å². The molecule has 0 aliphatic carbocycles. The van der Waals surface area contributed by atoms with E-state index in [1.807, 2.05) is 6.07 Å². The van der Waals surface area contributed by atoms with E-state index in [9.17, 15) is 9.59 Å². The topological polar surface area (TPSA) is 70.7 Å². The first-order valence-corrected chi connectivity index (χ1v) is 9.39. The van der Waals surface area contributed by atoms with Crippen molar-refractivity contribution in [3.05, 3.63) is 35.9 Å². The third-order valence-corrected chi connectivity index (χ3v) is 5.43. The van der Waals surface area contributed by atoms with Gasteiger partial charge in [0.1, 0.15) is 6.54 Å². The van der Waals surface area contributed by atoms with Gasteiger partial charge in [-0.2, -0.15) is 0 Å². The number of nitrogens with zero attached hydrogens (tertiary/aromatic N) is 1. The zero-order chi connectivity index (χ0) is 18.6. The molecule has 0 aromatic heterocycles. The second-order valence-corrected chi connectivity index (χ2v) is 7.93. The van der Waals surface area contributed by atoms with E-state index < -0.39 is 0 Å². The molecular weight excluding hydrogens is 330 g/mol. The highest BCUT2D eigenvalue weighted by molar-refractivity contribution is 5.85. The fourth-order valence-electron chi connectivity index (χ4n) is 4.21. The summed E-state index contributed by atoms with van der Waals surface area (Å²) >= 11 is 0. The Hall–Kier alpha value is -2.08. The van der Waals surface area contributed by atoms with Crippen LogP contribution in [-0.2, 0) is 14.9 Å². The summed E-state index contributed by atoms with van der Waals surface area (Å²) in [5.41, 5.74) is 1.13. The van der Waals surface area contributed by atoms with Gasteiger partial charge in [-0.15, -0.1) is 0 Å². The fraction of sp³-hybridized carbons (Fsp3) is 0.600. The summed E-state index contributed by atoms with van der Waals surface area (Å²) in [5, 5.41) is 5.74. The largest absolute Gasteiger partial charge is 0.376 e. The molecule has 0 spiro atoms. The third kappa shape index (κ3) is 4.36. The lowest BCUT2D eigenvalue weighted by molar-refractivity contribution is -0.123. The second kappa shape index (κ2) is 7.66. The molecule has 3 rings (SSSR count). The fourth-order valence-corrected chi connectivity index (χ4v) is 4.21. The molecule has 6 heteroatoms. The second-order valence-electron chi connectivity index (χ2n) is 7.93. The van der Waals surface area contributed by atoms with Crippen molar-refractivity contribution < 1.29 is 14.3 Å². The lowest BCUT2D eigenvalue weighted by atomic mass is 9.67. The number of piperazine rings is 1. The van der Waals surface area contributed by atoms with Crippen molar-refractivity contribution in [2.75, 3.05) is 32.8 Å². The van der Waals surface area contributed by atoms with Gasteiger partial charge in [0.25, 0.3) is 0 Å². The molecule has 0 radical (unpaired) electrons. The molecule has 0 saturated carbocycles. The molecule has 26 heavy (non-hydrogen) atoms. The minimum atomic E-state index is -0.178. The van der Waals surface area contributed by atoms with Crippen LogP contribution in [0.5, 0.6) is 0 Å². The average Bonchev–Trinajstić information content (AvgIpc) is 2.61. The van der Waals surface area contributed by atoms with E-state index in [0.717, 1.165) is 25.9 Å². The Morgan fingerprint density at radius 2 is 2.08 bits per heavy atom. The Balaban J connectivity index is 1.65. The molecule has 0 bridgehead atoms. The molecule has 1 atom stereocenters. The molecule has 1 aromatic rings. The van der Waals surface area contributed by atoms with E-state index in [1.54, 1.807) is 4.90 Å². The first kappa shape index (κ1) is 18.7. The minimum absolute atomic E-state index is 0.00440. The summed E-state index contributed by atoms with van der Waals surface area (Å²) in [6, 6.07) is 10.4. The Morgan fingerprint density at radius 3 is 2.77 bits per heavy atom. The van der Waals surface area contributed by atoms with Gasteiger partial charge in [-0.3, -0.25) is 4.79 Å². The molecule has 2 aliphatic heterocycles. The predicted molar refractivity (Wildman–Crippen MR) is 100.0 cm³/mol. The van der Waals surface area contributed by atoms with Gasteiger partial charge in [0, 0.05) is 31.7 Å². The van der Waals surface area contributed by atoms with Crippen LogP contribution in [0.2, 0.25) is 0 Å². The van der Waals surface area contributed by atoms with Crippen LogP contribution >= 0.6 is 0 Å². The van der Waals surface area contributed by atoms with Crippen LogP contribution in [0.3, 0.4) is 0 Å². The SMILES string of the molecule is CC1(C)C[C@](CCNC(=O)N2CCNC(=O)C2)(c2ccccc2)CCO1. The number of benzene rings is 1. The Kier molecular flexibility index (Phi) is 5.51. The Bertz CT molecular complexity index is 647. The average molecular weight is 359 g/mol. The summed E-state index contributed by atoms with van der Waals surface area (Å²) in [5.74, 6) is -0.0988. The van der Waals surface area contributed by atoms with Crippen LogP contribution in [0.4, 0.5) is 4.79 Å². The van der Waals surface area contributed by atoms with Crippen molar-refractivity contribution in [1.82, 2.24) is 15.5 Å². The summed E-state index contributed by atoms with van der Waals surface area (Å²) in [4.78, 5) is 25.4. The van der Waals surface area contributed by atoms with Crippen LogP contribution in [0.1, 0.15) is 38.7 Å². The van der Waals surface area contributed by atoms with Gasteiger partial charge in [0.15, 0.2) is 0 Å². The quantitative estimate of drug-likeness (QED) is 0.864. The highest BCUT2D eigenvalue weighted by Crippen LogP contribution is 2.43. The number of nitrogens with one attached hydrogen (secondary N) is 2. The molecule has 3 amide bonds. The van der Waals surface area contributed by atoms with Crippen molar-refractivity contribution in [3.63, 3.8) is 0 Å².